The van der Waals surface area contributed by atoms with Crippen LogP contribution in [-0.2, 0) is 17.6 Å². The molecule has 10 heteroatoms. The van der Waals surface area contributed by atoms with Gasteiger partial charge in [0.1, 0.15) is 11.3 Å². The van der Waals surface area contributed by atoms with Gasteiger partial charge < -0.3 is 4.52 Å². The molecule has 138 valence electrons. The predicted molar refractivity (Wildman–Crippen MR) is 110 cm³/mol. The number of halogens is 2. The van der Waals surface area contributed by atoms with Crippen LogP contribution in [0.2, 0.25) is 0 Å². The van der Waals surface area contributed by atoms with E-state index in [4.69, 9.17) is 9.51 Å². The minimum Gasteiger partial charge on any atom is -0.350 e. The van der Waals surface area contributed by atoms with Crippen LogP contribution in [0.5, 0.6) is 0 Å². The Morgan fingerprint density at radius 3 is 2.81 bits per heavy atom. The maximum Gasteiger partial charge on any atom is 0.179 e. The summed E-state index contributed by atoms with van der Waals surface area (Å²) in [5.74, 6) is -0.260. The van der Waals surface area contributed by atoms with Crippen molar-refractivity contribution < 1.29 is 8.91 Å². The monoisotopic (exact) mass is 496 g/mol. The molecule has 4 aromatic rings. The highest BCUT2D eigenvalue weighted by molar-refractivity contribution is 14.2. The molecule has 0 aliphatic carbocycles. The highest BCUT2D eigenvalue weighted by Gasteiger charge is 2.10. The Hall–Kier alpha value is -1.97. The molecule has 0 saturated heterocycles. The van der Waals surface area contributed by atoms with Crippen LogP contribution in [0.15, 0.2) is 48.8 Å². The summed E-state index contributed by atoms with van der Waals surface area (Å²) in [6, 6.07) is 10.1. The number of benzene rings is 1. The minimum absolute atomic E-state index is 0.260. The highest BCUT2D eigenvalue weighted by Crippen LogP contribution is 2.22. The first kappa shape index (κ1) is 18.4. The molecule has 1 unspecified atom stereocenters. The number of pyridine rings is 1. The molecular weight excluding hydrogens is 481 g/mol. The van der Waals surface area contributed by atoms with E-state index >= 15 is 0 Å². The topological polar surface area (TPSA) is 70.7 Å². The summed E-state index contributed by atoms with van der Waals surface area (Å²) in [7, 11) is 0. The summed E-state index contributed by atoms with van der Waals surface area (Å²) >= 11 is 2.20. The molecule has 0 saturated carbocycles. The van der Waals surface area contributed by atoms with E-state index in [1.54, 1.807) is 23.0 Å². The van der Waals surface area contributed by atoms with E-state index in [-0.39, 0.29) is 5.82 Å². The molecular formula is C17H15FIN6OP. The largest absolute Gasteiger partial charge is 0.350 e. The molecule has 0 aliphatic heterocycles. The maximum atomic E-state index is 13.1. The Morgan fingerprint density at radius 2 is 2.00 bits per heavy atom. The summed E-state index contributed by atoms with van der Waals surface area (Å²) in [5, 5.41) is 12.7. The fourth-order valence-electron chi connectivity index (χ4n) is 2.68. The second kappa shape index (κ2) is 8.37. The van der Waals surface area contributed by atoms with Crippen LogP contribution in [-0.4, -0.2) is 36.4 Å². The first-order chi connectivity index (χ1) is 13.2. The van der Waals surface area contributed by atoms with Gasteiger partial charge in [-0.15, -0.1) is 5.10 Å². The summed E-state index contributed by atoms with van der Waals surface area (Å²) < 4.78 is 22.0. The van der Waals surface area contributed by atoms with Gasteiger partial charge in [-0.2, -0.15) is 5.10 Å². The number of hydrogen-bond acceptors (Lipinski definition) is 5. The lowest BCUT2D eigenvalue weighted by Gasteiger charge is -2.03. The van der Waals surface area contributed by atoms with Crippen LogP contribution >= 0.6 is 28.5 Å². The Kier molecular flexibility index (Phi) is 5.70. The molecule has 0 fully saturated rings. The predicted octanol–water partition coefficient (Wildman–Crippen LogP) is 3.84. The van der Waals surface area contributed by atoms with Crippen molar-refractivity contribution in [1.82, 2.24) is 29.8 Å². The Labute approximate surface area is 169 Å². The average molecular weight is 496 g/mol. The second-order valence-corrected chi connectivity index (χ2v) is 7.59. The first-order valence-electron chi connectivity index (χ1n) is 8.18. The van der Waals surface area contributed by atoms with Gasteiger partial charge in [0.15, 0.2) is 5.65 Å². The molecule has 0 N–H and O–H groups in total. The van der Waals surface area contributed by atoms with Crippen molar-refractivity contribution in [3.63, 3.8) is 0 Å². The molecule has 4 rings (SSSR count). The molecule has 3 heterocycles. The van der Waals surface area contributed by atoms with E-state index in [2.05, 4.69) is 37.5 Å². The van der Waals surface area contributed by atoms with Crippen molar-refractivity contribution in [3.8, 4) is 11.3 Å². The molecule has 3 aromatic heterocycles. The molecule has 1 atom stereocenters. The van der Waals surface area contributed by atoms with E-state index in [0.717, 1.165) is 16.8 Å². The number of aromatic nitrogens is 6. The third kappa shape index (κ3) is 4.31. The van der Waals surface area contributed by atoms with Gasteiger partial charge in [0.2, 0.25) is 0 Å². The second-order valence-electron chi connectivity index (χ2n) is 5.83. The number of rotatable bonds is 7. The number of fused-ring (bicyclic) bond motifs is 1. The zero-order chi connectivity index (χ0) is 18.6. The fraction of sp³-hybridized carbons (Fsp3) is 0.176. The smallest absolute Gasteiger partial charge is 0.179 e. The SMILES string of the molecule is Fc1ccc(Cn2nnc3ccc(-c4cnn(CCOPI)c4)nc32)cc1. The summed E-state index contributed by atoms with van der Waals surface area (Å²) in [5.41, 5.74) is 4.04. The van der Waals surface area contributed by atoms with Crippen molar-refractivity contribution in [3.05, 3.63) is 60.2 Å². The van der Waals surface area contributed by atoms with Crippen LogP contribution in [0, 0.1) is 5.82 Å². The van der Waals surface area contributed by atoms with Crippen LogP contribution in [0.4, 0.5) is 4.39 Å². The molecule has 27 heavy (non-hydrogen) atoms. The van der Waals surface area contributed by atoms with Crippen LogP contribution in [0.25, 0.3) is 22.4 Å². The molecule has 0 spiro atoms. The van der Waals surface area contributed by atoms with Crippen LogP contribution in [0.1, 0.15) is 5.56 Å². The standard InChI is InChI=1S/C17H15FIN6OP/c18-14-3-1-12(2-4-14)10-25-17-16(22-23-25)6-5-15(21-17)13-9-20-24(11-13)7-8-26-27-19/h1-6,9,11,27H,7-8,10H2. The Balaban J connectivity index is 1.59. The molecule has 0 radical (unpaired) electrons. The average Bonchev–Trinajstić information content (AvgIpc) is 3.31. The van der Waals surface area contributed by atoms with Gasteiger partial charge in [0.25, 0.3) is 0 Å². The lowest BCUT2D eigenvalue weighted by molar-refractivity contribution is 0.335. The number of hydrogen-bond donors (Lipinski definition) is 0. The summed E-state index contributed by atoms with van der Waals surface area (Å²) in [6.07, 6.45) is 3.73. The molecule has 7 nitrogen and oxygen atoms in total. The Morgan fingerprint density at radius 1 is 1.15 bits per heavy atom. The Bertz CT molecular complexity index is 1050. The van der Waals surface area contributed by atoms with Gasteiger partial charge >= 0.3 is 0 Å². The zero-order valence-electron chi connectivity index (χ0n) is 14.1. The third-order valence-electron chi connectivity index (χ3n) is 4.01. The van der Waals surface area contributed by atoms with E-state index in [9.17, 15) is 4.39 Å². The van der Waals surface area contributed by atoms with Crippen LogP contribution in [0.3, 0.4) is 0 Å². The van der Waals surface area contributed by atoms with E-state index in [1.165, 1.54) is 12.1 Å². The van der Waals surface area contributed by atoms with Gasteiger partial charge in [-0.25, -0.2) is 14.1 Å². The van der Waals surface area contributed by atoms with Crippen molar-refractivity contribution in [1.29, 1.82) is 0 Å². The highest BCUT2D eigenvalue weighted by atomic mass is 127. The van der Waals surface area contributed by atoms with Gasteiger partial charge in [-0.05, 0) is 51.9 Å². The fourth-order valence-corrected chi connectivity index (χ4v) is 3.51. The summed E-state index contributed by atoms with van der Waals surface area (Å²) in [4.78, 5) is 4.71. The van der Waals surface area contributed by atoms with Gasteiger partial charge in [-0.3, -0.25) is 4.68 Å². The van der Waals surface area contributed by atoms with E-state index in [1.807, 2.05) is 23.0 Å². The molecule has 0 amide bonds. The third-order valence-corrected chi connectivity index (χ3v) is 5.26. The van der Waals surface area contributed by atoms with Crippen molar-refractivity contribution >= 4 is 39.7 Å². The summed E-state index contributed by atoms with van der Waals surface area (Å²) in [6.45, 7) is 2.24. The van der Waals surface area contributed by atoms with Crippen molar-refractivity contribution in [2.24, 2.45) is 0 Å². The number of nitrogens with zero attached hydrogens (tertiary/aromatic N) is 6. The quantitative estimate of drug-likeness (QED) is 0.221. The maximum absolute atomic E-state index is 13.1. The first-order valence-corrected chi connectivity index (χ1v) is 12.2. The molecule has 0 aliphatic rings. The normalized spacial score (nSPS) is 11.8. The lowest BCUT2D eigenvalue weighted by Crippen LogP contribution is -2.03. The van der Waals surface area contributed by atoms with E-state index in [0.29, 0.717) is 37.3 Å². The van der Waals surface area contributed by atoms with Crippen LogP contribution < -0.4 is 0 Å². The van der Waals surface area contributed by atoms with Gasteiger partial charge in [0, 0.05) is 11.8 Å². The van der Waals surface area contributed by atoms with Gasteiger partial charge in [0.05, 0.1) is 38.0 Å². The molecule has 1 aromatic carbocycles. The minimum atomic E-state index is -0.260. The zero-order valence-corrected chi connectivity index (χ0v) is 17.2. The van der Waals surface area contributed by atoms with Crippen molar-refractivity contribution in [2.75, 3.05) is 6.61 Å². The van der Waals surface area contributed by atoms with Gasteiger partial charge in [-0.1, -0.05) is 17.3 Å². The lowest BCUT2D eigenvalue weighted by atomic mass is 10.2. The van der Waals surface area contributed by atoms with Crippen molar-refractivity contribution in [2.45, 2.75) is 13.1 Å². The van der Waals surface area contributed by atoms with E-state index < -0.39 is 0 Å². The molecule has 0 bridgehead atoms.